The summed E-state index contributed by atoms with van der Waals surface area (Å²) >= 11 is 0. The molecule has 2 saturated heterocycles. The Morgan fingerprint density at radius 1 is 1.33 bits per heavy atom. The first-order chi connectivity index (χ1) is 8.57. The molecule has 0 radical (unpaired) electrons. The van der Waals surface area contributed by atoms with Gasteiger partial charge in [-0.15, -0.1) is 0 Å². The van der Waals surface area contributed by atoms with Gasteiger partial charge in [-0.05, 0) is 26.7 Å². The Morgan fingerprint density at radius 2 is 2.00 bits per heavy atom. The van der Waals surface area contributed by atoms with Crippen LogP contribution in [0.1, 0.15) is 26.7 Å². The van der Waals surface area contributed by atoms with E-state index in [2.05, 4.69) is 10.2 Å². The zero-order valence-electron chi connectivity index (χ0n) is 11.5. The summed E-state index contributed by atoms with van der Waals surface area (Å²) in [6.45, 7) is 8.61. The highest BCUT2D eigenvalue weighted by atomic mass is 16.3. The Bertz CT molecular complexity index is 301. The lowest BCUT2D eigenvalue weighted by Crippen LogP contribution is -2.61. The average molecular weight is 255 g/mol. The molecule has 0 bridgehead atoms. The topological polar surface area (TPSA) is 55.8 Å². The zero-order valence-corrected chi connectivity index (χ0v) is 11.5. The molecule has 2 rings (SSSR count). The van der Waals surface area contributed by atoms with Crippen LogP contribution in [0.15, 0.2) is 0 Å². The highest BCUT2D eigenvalue weighted by Gasteiger charge is 2.41. The summed E-state index contributed by atoms with van der Waals surface area (Å²) in [6.07, 6.45) is 1.94. The van der Waals surface area contributed by atoms with Crippen molar-refractivity contribution in [2.24, 2.45) is 0 Å². The molecule has 2 aliphatic heterocycles. The molecule has 0 unspecified atom stereocenters. The second-order valence-corrected chi connectivity index (χ2v) is 5.77. The van der Waals surface area contributed by atoms with E-state index in [9.17, 15) is 9.90 Å². The molecule has 2 fully saturated rings. The van der Waals surface area contributed by atoms with Crippen molar-refractivity contribution in [1.29, 1.82) is 0 Å². The van der Waals surface area contributed by atoms with Gasteiger partial charge in [0.05, 0.1) is 18.2 Å². The van der Waals surface area contributed by atoms with E-state index < -0.39 is 5.54 Å². The lowest BCUT2D eigenvalue weighted by atomic mass is 9.99. The number of amides is 1. The maximum absolute atomic E-state index is 12.7. The second kappa shape index (κ2) is 5.55. The SMILES string of the molecule is CC(C)(C(=O)N1CCC[C@@H]1CO)N1CCNCC1. The number of nitrogens with zero attached hydrogens (tertiary/aromatic N) is 2. The minimum absolute atomic E-state index is 0.0275. The molecule has 0 spiro atoms. The number of piperazine rings is 1. The predicted molar refractivity (Wildman–Crippen MR) is 70.3 cm³/mol. The third kappa shape index (κ3) is 2.53. The maximum atomic E-state index is 12.7. The molecule has 5 nitrogen and oxygen atoms in total. The Morgan fingerprint density at radius 3 is 2.61 bits per heavy atom. The van der Waals surface area contributed by atoms with Crippen molar-refractivity contribution in [3.05, 3.63) is 0 Å². The first-order valence-electron chi connectivity index (χ1n) is 6.95. The van der Waals surface area contributed by atoms with Crippen molar-refractivity contribution < 1.29 is 9.90 Å². The molecule has 0 aromatic heterocycles. The number of nitrogens with one attached hydrogen (secondary N) is 1. The minimum atomic E-state index is -0.458. The van der Waals surface area contributed by atoms with E-state index in [1.54, 1.807) is 0 Å². The summed E-state index contributed by atoms with van der Waals surface area (Å²) in [5, 5.41) is 12.7. The van der Waals surface area contributed by atoms with Crippen LogP contribution in [0, 0.1) is 0 Å². The van der Waals surface area contributed by atoms with Crippen LogP contribution in [0.4, 0.5) is 0 Å². The molecule has 0 saturated carbocycles. The van der Waals surface area contributed by atoms with Crippen molar-refractivity contribution in [3.8, 4) is 0 Å². The highest BCUT2D eigenvalue weighted by molar-refractivity contribution is 5.86. The van der Waals surface area contributed by atoms with Crippen LogP contribution in [-0.4, -0.2) is 71.7 Å². The van der Waals surface area contributed by atoms with Gasteiger partial charge < -0.3 is 15.3 Å². The molecule has 104 valence electrons. The van der Waals surface area contributed by atoms with Crippen molar-refractivity contribution >= 4 is 5.91 Å². The first-order valence-corrected chi connectivity index (χ1v) is 6.95. The van der Waals surface area contributed by atoms with Gasteiger partial charge in [-0.3, -0.25) is 9.69 Å². The van der Waals surface area contributed by atoms with Crippen LogP contribution in [0.2, 0.25) is 0 Å². The molecular weight excluding hydrogens is 230 g/mol. The van der Waals surface area contributed by atoms with Gasteiger partial charge in [-0.1, -0.05) is 0 Å². The van der Waals surface area contributed by atoms with E-state index in [1.165, 1.54) is 0 Å². The lowest BCUT2D eigenvalue weighted by molar-refractivity contribution is -0.144. The fourth-order valence-corrected chi connectivity index (χ4v) is 3.00. The van der Waals surface area contributed by atoms with Crippen molar-refractivity contribution in [2.45, 2.75) is 38.3 Å². The summed E-state index contributed by atoms with van der Waals surface area (Å²) in [5.74, 6) is 0.168. The third-order valence-corrected chi connectivity index (χ3v) is 4.28. The normalized spacial score (nSPS) is 26.6. The van der Waals surface area contributed by atoms with Crippen LogP contribution in [0.25, 0.3) is 0 Å². The molecule has 1 amide bonds. The number of carbonyl (C=O) groups excluding carboxylic acids is 1. The van der Waals surface area contributed by atoms with Crippen LogP contribution in [-0.2, 0) is 4.79 Å². The van der Waals surface area contributed by atoms with E-state index in [0.29, 0.717) is 0 Å². The number of rotatable bonds is 3. The number of hydrogen-bond donors (Lipinski definition) is 2. The zero-order chi connectivity index (χ0) is 13.2. The third-order valence-electron chi connectivity index (χ3n) is 4.28. The van der Waals surface area contributed by atoms with E-state index in [1.807, 2.05) is 18.7 Å². The Kier molecular flexibility index (Phi) is 4.25. The van der Waals surface area contributed by atoms with Gasteiger partial charge in [0, 0.05) is 32.7 Å². The van der Waals surface area contributed by atoms with Gasteiger partial charge in [0.25, 0.3) is 0 Å². The predicted octanol–water partition coefficient (Wildman–Crippen LogP) is -0.346. The molecule has 2 N–H and O–H groups in total. The van der Waals surface area contributed by atoms with E-state index in [-0.39, 0.29) is 18.6 Å². The fraction of sp³-hybridized carbons (Fsp3) is 0.923. The molecule has 18 heavy (non-hydrogen) atoms. The fourth-order valence-electron chi connectivity index (χ4n) is 3.00. The number of carbonyl (C=O) groups is 1. The Balaban J connectivity index is 2.05. The maximum Gasteiger partial charge on any atom is 0.242 e. The van der Waals surface area contributed by atoms with Gasteiger partial charge in [0.15, 0.2) is 0 Å². The molecule has 2 heterocycles. The Hall–Kier alpha value is -0.650. The second-order valence-electron chi connectivity index (χ2n) is 5.77. The van der Waals surface area contributed by atoms with Gasteiger partial charge >= 0.3 is 0 Å². The average Bonchev–Trinajstić information content (AvgIpc) is 2.87. The molecule has 0 aliphatic carbocycles. The molecule has 1 atom stereocenters. The van der Waals surface area contributed by atoms with E-state index in [0.717, 1.165) is 45.6 Å². The number of aliphatic hydroxyl groups excluding tert-OH is 1. The number of hydrogen-bond acceptors (Lipinski definition) is 4. The van der Waals surface area contributed by atoms with Crippen LogP contribution < -0.4 is 5.32 Å². The quantitative estimate of drug-likeness (QED) is 0.724. The smallest absolute Gasteiger partial charge is 0.242 e. The van der Waals surface area contributed by atoms with E-state index in [4.69, 9.17) is 0 Å². The van der Waals surface area contributed by atoms with E-state index >= 15 is 0 Å². The standard InChI is InChI=1S/C13H25N3O2/c1-13(2,15-8-5-14-6-9-15)12(18)16-7-3-4-11(16)10-17/h11,14,17H,3-10H2,1-2H3/t11-/m1/s1. The van der Waals surface area contributed by atoms with Gasteiger partial charge in [0.1, 0.15) is 0 Å². The minimum Gasteiger partial charge on any atom is -0.394 e. The molecule has 2 aliphatic rings. The molecule has 0 aromatic rings. The molecular formula is C13H25N3O2. The summed E-state index contributed by atoms with van der Waals surface area (Å²) in [4.78, 5) is 16.8. The monoisotopic (exact) mass is 255 g/mol. The van der Waals surface area contributed by atoms with Crippen molar-refractivity contribution in [1.82, 2.24) is 15.1 Å². The Labute approximate surface area is 109 Å². The summed E-state index contributed by atoms with van der Waals surface area (Å²) in [5.41, 5.74) is -0.458. The summed E-state index contributed by atoms with van der Waals surface area (Å²) < 4.78 is 0. The van der Waals surface area contributed by atoms with Crippen LogP contribution >= 0.6 is 0 Å². The largest absolute Gasteiger partial charge is 0.394 e. The molecule has 5 heteroatoms. The summed E-state index contributed by atoms with van der Waals surface area (Å²) in [7, 11) is 0. The lowest BCUT2D eigenvalue weighted by Gasteiger charge is -2.42. The van der Waals surface area contributed by atoms with Gasteiger partial charge in [-0.2, -0.15) is 0 Å². The molecule has 0 aromatic carbocycles. The van der Waals surface area contributed by atoms with Crippen LogP contribution in [0.3, 0.4) is 0 Å². The van der Waals surface area contributed by atoms with Gasteiger partial charge in [0.2, 0.25) is 5.91 Å². The highest BCUT2D eigenvalue weighted by Crippen LogP contribution is 2.24. The number of likely N-dealkylation sites (tertiary alicyclic amines) is 1. The van der Waals surface area contributed by atoms with Gasteiger partial charge in [-0.25, -0.2) is 0 Å². The van der Waals surface area contributed by atoms with Crippen LogP contribution in [0.5, 0.6) is 0 Å². The van der Waals surface area contributed by atoms with Crippen molar-refractivity contribution in [3.63, 3.8) is 0 Å². The van der Waals surface area contributed by atoms with Crippen molar-refractivity contribution in [2.75, 3.05) is 39.3 Å². The summed E-state index contributed by atoms with van der Waals surface area (Å²) in [6, 6.07) is 0.0275. The first kappa shape index (κ1) is 13.8. The number of aliphatic hydroxyl groups is 1.